The molecule has 0 aromatic heterocycles. The van der Waals surface area contributed by atoms with Crippen LogP contribution in [0.5, 0.6) is 0 Å². The third-order valence-electron chi connectivity index (χ3n) is 14.8. The van der Waals surface area contributed by atoms with Crippen molar-refractivity contribution in [3.63, 3.8) is 0 Å². The second kappa shape index (κ2) is 67.8. The highest BCUT2D eigenvalue weighted by molar-refractivity contribution is 5.71. The second-order valence-corrected chi connectivity index (χ2v) is 22.7. The molecule has 0 aliphatic heterocycles. The number of hydrogen-bond donors (Lipinski definition) is 0. The van der Waals surface area contributed by atoms with E-state index < -0.39 is 6.10 Å². The molecular weight excluding hydrogens is 985 g/mol. The molecule has 0 amide bonds. The predicted octanol–water partition coefficient (Wildman–Crippen LogP) is 23.6. The van der Waals surface area contributed by atoms with Crippen LogP contribution in [0.4, 0.5) is 0 Å². The summed E-state index contributed by atoms with van der Waals surface area (Å²) in [4.78, 5) is 38.2. The van der Waals surface area contributed by atoms with Crippen LogP contribution in [0.1, 0.15) is 335 Å². The Labute approximate surface area is 496 Å². The Morgan fingerprint density at radius 2 is 0.500 bits per heavy atom. The fraction of sp³-hybridized carbons (Fsp3) is 0.743. The van der Waals surface area contributed by atoms with E-state index in [0.29, 0.717) is 19.3 Å². The summed E-state index contributed by atoms with van der Waals surface area (Å²) in [6, 6.07) is 0. The molecule has 0 spiro atoms. The number of hydrogen-bond acceptors (Lipinski definition) is 6. The van der Waals surface area contributed by atoms with E-state index in [-0.39, 0.29) is 37.5 Å². The van der Waals surface area contributed by atoms with Crippen LogP contribution in [0, 0.1) is 0 Å². The number of carbonyl (C=O) groups excluding carboxylic acids is 3. The first-order valence-corrected chi connectivity index (χ1v) is 34.2. The van der Waals surface area contributed by atoms with Crippen molar-refractivity contribution in [1.82, 2.24) is 0 Å². The highest BCUT2D eigenvalue weighted by atomic mass is 16.6. The van der Waals surface area contributed by atoms with Crippen LogP contribution < -0.4 is 0 Å². The van der Waals surface area contributed by atoms with Gasteiger partial charge in [0, 0.05) is 19.3 Å². The molecule has 1 unspecified atom stereocenters. The number of allylic oxidation sites excluding steroid dienone is 16. The molecule has 0 rings (SSSR count). The topological polar surface area (TPSA) is 78.9 Å². The first kappa shape index (κ1) is 76.3. The fourth-order valence-corrected chi connectivity index (χ4v) is 9.72. The summed E-state index contributed by atoms with van der Waals surface area (Å²) >= 11 is 0. The highest BCUT2D eigenvalue weighted by Crippen LogP contribution is 2.17. The molecule has 80 heavy (non-hydrogen) atoms. The fourth-order valence-electron chi connectivity index (χ4n) is 9.72. The van der Waals surface area contributed by atoms with E-state index in [1.165, 1.54) is 199 Å². The van der Waals surface area contributed by atoms with E-state index in [1.54, 1.807) is 0 Å². The average molecular weight is 1110 g/mol. The summed E-state index contributed by atoms with van der Waals surface area (Å²) in [5.74, 6) is -0.951. The largest absolute Gasteiger partial charge is 0.462 e. The van der Waals surface area contributed by atoms with Crippen LogP contribution in [0.2, 0.25) is 0 Å². The van der Waals surface area contributed by atoms with Crippen LogP contribution in [0.25, 0.3) is 0 Å². The Morgan fingerprint density at radius 3 is 0.812 bits per heavy atom. The van der Waals surface area contributed by atoms with Crippen molar-refractivity contribution in [2.24, 2.45) is 0 Å². The van der Waals surface area contributed by atoms with Gasteiger partial charge in [0.1, 0.15) is 13.2 Å². The summed E-state index contributed by atoms with van der Waals surface area (Å²) in [6.07, 6.45) is 91.8. The molecule has 6 heteroatoms. The van der Waals surface area contributed by atoms with Gasteiger partial charge in [0.25, 0.3) is 0 Å². The van der Waals surface area contributed by atoms with Gasteiger partial charge in [-0.15, -0.1) is 0 Å². The molecule has 0 aliphatic rings. The molecule has 0 aromatic carbocycles. The lowest BCUT2D eigenvalue weighted by molar-refractivity contribution is -0.167. The Hall–Kier alpha value is -3.67. The molecule has 0 fully saturated rings. The normalized spacial score (nSPS) is 12.7. The zero-order chi connectivity index (χ0) is 57.8. The van der Waals surface area contributed by atoms with Gasteiger partial charge in [0.05, 0.1) is 0 Å². The van der Waals surface area contributed by atoms with Gasteiger partial charge in [0.2, 0.25) is 0 Å². The first-order chi connectivity index (χ1) is 39.5. The van der Waals surface area contributed by atoms with Gasteiger partial charge in [-0.1, -0.05) is 317 Å². The van der Waals surface area contributed by atoms with Gasteiger partial charge in [-0.05, 0) is 96.3 Å². The van der Waals surface area contributed by atoms with E-state index in [1.807, 2.05) is 0 Å². The Bertz CT molecular complexity index is 1560. The van der Waals surface area contributed by atoms with Gasteiger partial charge < -0.3 is 14.2 Å². The predicted molar refractivity (Wildman–Crippen MR) is 348 cm³/mol. The standard InChI is InChI=1S/C74H128O6/c1-4-7-10-13-16-19-21-23-25-27-29-31-33-34-35-36-37-38-39-40-42-43-45-47-49-51-53-55-58-61-64-67-73(76)79-70-71(69-78-72(75)66-63-60-57-18-15-12-9-6-3)80-74(77)68-65-62-59-56-54-52-50-48-46-44-41-32-30-28-26-24-22-20-17-14-11-8-5-2/h8,11,17,20,24,26-27,29-30,32,44,46,50,52,56,59,71H,4-7,9-10,12-16,18-19,21-23,25,28,31,33-43,45,47-49,51,53-55,57-58,60-70H2,1-3H3/b11-8-,20-17-,26-24-,29-27-,32-30-,46-44-,52-50-,59-56-. The lowest BCUT2D eigenvalue weighted by Gasteiger charge is -2.18. The minimum atomic E-state index is -0.806. The number of carbonyl (C=O) groups is 3. The maximum atomic E-state index is 12.9. The van der Waals surface area contributed by atoms with E-state index in [4.69, 9.17) is 14.2 Å². The van der Waals surface area contributed by atoms with Gasteiger partial charge in [-0.25, -0.2) is 0 Å². The highest BCUT2D eigenvalue weighted by Gasteiger charge is 2.19. The molecule has 0 bridgehead atoms. The lowest BCUT2D eigenvalue weighted by atomic mass is 10.0. The molecule has 6 nitrogen and oxygen atoms in total. The maximum absolute atomic E-state index is 12.9. The van der Waals surface area contributed by atoms with Crippen LogP contribution in [-0.2, 0) is 28.6 Å². The molecular formula is C74H128O6. The van der Waals surface area contributed by atoms with Crippen LogP contribution in [0.15, 0.2) is 97.2 Å². The SMILES string of the molecule is CC/C=C\C/C=C\C/C=C\C/C=C\C/C=C\C/C=C\C/C=C\CCCC(=O)OC(COC(=O)CCCCCCCCCC)COC(=O)CCCCCCCCCCCCCCCCCCCCC/C=C\CCCCCCCCCC. The Morgan fingerprint density at radius 1 is 0.263 bits per heavy atom. The summed E-state index contributed by atoms with van der Waals surface area (Å²) in [5.41, 5.74) is 0. The zero-order valence-corrected chi connectivity index (χ0v) is 52.8. The minimum absolute atomic E-state index is 0.0977. The smallest absolute Gasteiger partial charge is 0.306 e. The molecule has 0 aliphatic carbocycles. The molecule has 0 heterocycles. The maximum Gasteiger partial charge on any atom is 0.306 e. The number of esters is 3. The quantitative estimate of drug-likeness (QED) is 0.0261. The minimum Gasteiger partial charge on any atom is -0.462 e. The van der Waals surface area contributed by atoms with Crippen molar-refractivity contribution in [3.05, 3.63) is 97.2 Å². The first-order valence-electron chi connectivity index (χ1n) is 34.2. The van der Waals surface area contributed by atoms with Crippen molar-refractivity contribution >= 4 is 17.9 Å². The molecule has 460 valence electrons. The lowest BCUT2D eigenvalue weighted by Crippen LogP contribution is -2.30. The molecule has 0 saturated carbocycles. The number of unbranched alkanes of at least 4 members (excludes halogenated alkanes) is 35. The molecule has 0 aromatic rings. The summed E-state index contributed by atoms with van der Waals surface area (Å²) in [5, 5.41) is 0. The number of rotatable bonds is 62. The van der Waals surface area contributed by atoms with E-state index >= 15 is 0 Å². The summed E-state index contributed by atoms with van der Waals surface area (Å²) in [7, 11) is 0. The molecule has 0 saturated heterocycles. The molecule has 0 N–H and O–H groups in total. The molecule has 0 radical (unpaired) electrons. The van der Waals surface area contributed by atoms with Crippen molar-refractivity contribution in [3.8, 4) is 0 Å². The molecule has 1 atom stereocenters. The van der Waals surface area contributed by atoms with Crippen molar-refractivity contribution in [2.45, 2.75) is 341 Å². The van der Waals surface area contributed by atoms with Gasteiger partial charge in [0.15, 0.2) is 6.10 Å². The second-order valence-electron chi connectivity index (χ2n) is 22.7. The number of ether oxygens (including phenoxy) is 3. The van der Waals surface area contributed by atoms with E-state index in [2.05, 4.69) is 118 Å². The van der Waals surface area contributed by atoms with Gasteiger partial charge in [-0.3, -0.25) is 14.4 Å². The Balaban J connectivity index is 4.16. The van der Waals surface area contributed by atoms with E-state index in [0.717, 1.165) is 89.9 Å². The Kier molecular flexibility index (Phi) is 64.7. The van der Waals surface area contributed by atoms with Crippen molar-refractivity contribution < 1.29 is 28.6 Å². The average Bonchev–Trinajstić information content (AvgIpc) is 3.46. The van der Waals surface area contributed by atoms with Gasteiger partial charge in [-0.2, -0.15) is 0 Å². The van der Waals surface area contributed by atoms with Crippen molar-refractivity contribution in [1.29, 1.82) is 0 Å². The van der Waals surface area contributed by atoms with Gasteiger partial charge >= 0.3 is 17.9 Å². The van der Waals surface area contributed by atoms with E-state index in [9.17, 15) is 14.4 Å². The van der Waals surface area contributed by atoms with Crippen molar-refractivity contribution in [2.75, 3.05) is 13.2 Å². The summed E-state index contributed by atoms with van der Waals surface area (Å²) < 4.78 is 16.8. The third-order valence-corrected chi connectivity index (χ3v) is 14.8. The summed E-state index contributed by atoms with van der Waals surface area (Å²) in [6.45, 7) is 6.48. The monoisotopic (exact) mass is 1110 g/mol. The zero-order valence-electron chi connectivity index (χ0n) is 52.8. The van der Waals surface area contributed by atoms with Crippen LogP contribution in [0.3, 0.4) is 0 Å². The third kappa shape index (κ3) is 65.1. The van der Waals surface area contributed by atoms with Crippen LogP contribution in [-0.4, -0.2) is 37.2 Å². The van der Waals surface area contributed by atoms with Crippen LogP contribution >= 0.6 is 0 Å².